The van der Waals surface area contributed by atoms with E-state index in [-0.39, 0.29) is 0 Å². The molecule has 0 aliphatic carbocycles. The third-order valence-electron chi connectivity index (χ3n) is 3.12. The highest BCUT2D eigenvalue weighted by molar-refractivity contribution is 9.10. The summed E-state index contributed by atoms with van der Waals surface area (Å²) in [5.41, 5.74) is 4.00. The Morgan fingerprint density at radius 3 is 2.63 bits per heavy atom. The predicted molar refractivity (Wildman–Crippen MR) is 80.9 cm³/mol. The van der Waals surface area contributed by atoms with E-state index >= 15 is 0 Å². The van der Waals surface area contributed by atoms with Gasteiger partial charge in [-0.2, -0.15) is 0 Å². The van der Waals surface area contributed by atoms with Crippen LogP contribution in [0.25, 0.3) is 11.1 Å². The largest absolute Gasteiger partial charge is 0.496 e. The lowest BCUT2D eigenvalue weighted by molar-refractivity contribution is 0.112. The molecule has 0 saturated carbocycles. The van der Waals surface area contributed by atoms with Crippen LogP contribution in [0, 0.1) is 0 Å². The zero-order valence-electron chi connectivity index (χ0n) is 10.9. The molecule has 0 aliphatic rings. The minimum Gasteiger partial charge on any atom is -0.496 e. The molecule has 2 nitrogen and oxygen atoms in total. The molecular weight excluding hydrogens is 304 g/mol. The molecule has 3 heteroatoms. The summed E-state index contributed by atoms with van der Waals surface area (Å²) in [5.74, 6) is 0.605. The third kappa shape index (κ3) is 2.87. The van der Waals surface area contributed by atoms with Crippen LogP contribution in [-0.4, -0.2) is 13.4 Å². The van der Waals surface area contributed by atoms with E-state index in [0.29, 0.717) is 11.3 Å². The molecule has 0 heterocycles. The van der Waals surface area contributed by atoms with Gasteiger partial charge in [0.15, 0.2) is 6.29 Å². The van der Waals surface area contributed by atoms with Crippen LogP contribution in [0.1, 0.15) is 22.8 Å². The number of methoxy groups -OCH3 is 1. The molecule has 0 bridgehead atoms. The van der Waals surface area contributed by atoms with E-state index in [9.17, 15) is 4.79 Å². The Balaban J connectivity index is 2.56. The van der Waals surface area contributed by atoms with Gasteiger partial charge in [0.05, 0.1) is 12.7 Å². The number of aryl methyl sites for hydroxylation is 1. The van der Waals surface area contributed by atoms with Crippen molar-refractivity contribution in [3.63, 3.8) is 0 Å². The van der Waals surface area contributed by atoms with Crippen LogP contribution >= 0.6 is 15.9 Å². The second-order valence-electron chi connectivity index (χ2n) is 4.23. The monoisotopic (exact) mass is 318 g/mol. The quantitative estimate of drug-likeness (QED) is 0.776. The average molecular weight is 319 g/mol. The first-order valence-corrected chi connectivity index (χ1v) is 6.91. The summed E-state index contributed by atoms with van der Waals surface area (Å²) < 4.78 is 6.23. The number of halogens is 1. The summed E-state index contributed by atoms with van der Waals surface area (Å²) in [6.07, 6.45) is 1.77. The van der Waals surface area contributed by atoms with E-state index in [4.69, 9.17) is 4.74 Å². The number of hydrogen-bond acceptors (Lipinski definition) is 2. The van der Waals surface area contributed by atoms with E-state index in [2.05, 4.69) is 35.0 Å². The van der Waals surface area contributed by atoms with Crippen LogP contribution in [0.4, 0.5) is 0 Å². The maximum Gasteiger partial charge on any atom is 0.153 e. The van der Waals surface area contributed by atoms with Crippen LogP contribution in [0.15, 0.2) is 40.9 Å². The van der Waals surface area contributed by atoms with Crippen LogP contribution in [0.3, 0.4) is 0 Å². The summed E-state index contributed by atoms with van der Waals surface area (Å²) in [5, 5.41) is 0. The van der Waals surface area contributed by atoms with Crippen LogP contribution in [0.5, 0.6) is 5.75 Å². The molecule has 0 spiro atoms. The topological polar surface area (TPSA) is 26.3 Å². The number of hydrogen-bond donors (Lipinski definition) is 0. The minimum atomic E-state index is 0.574. The smallest absolute Gasteiger partial charge is 0.153 e. The van der Waals surface area contributed by atoms with Gasteiger partial charge < -0.3 is 4.74 Å². The standard InChI is InChI=1S/C16H15BrO2/c1-3-11-9-14(17)5-6-15(11)12-4-7-16(19-2)13(8-12)10-18/h4-10H,3H2,1-2H3. The molecule has 0 N–H and O–H groups in total. The van der Waals surface area contributed by atoms with Gasteiger partial charge >= 0.3 is 0 Å². The number of carbonyl (C=O) groups is 1. The average Bonchev–Trinajstić information content (AvgIpc) is 2.46. The highest BCUT2D eigenvalue weighted by Gasteiger charge is 2.08. The molecule has 0 aliphatic heterocycles. The lowest BCUT2D eigenvalue weighted by Gasteiger charge is -2.11. The van der Waals surface area contributed by atoms with Gasteiger partial charge in [-0.25, -0.2) is 0 Å². The van der Waals surface area contributed by atoms with Crippen molar-refractivity contribution >= 4 is 22.2 Å². The van der Waals surface area contributed by atoms with Gasteiger partial charge in [-0.15, -0.1) is 0 Å². The predicted octanol–water partition coefficient (Wildman–Crippen LogP) is 4.50. The number of aldehydes is 1. The van der Waals surface area contributed by atoms with Crippen molar-refractivity contribution in [3.05, 3.63) is 52.0 Å². The Bertz CT molecular complexity index is 606. The first-order chi connectivity index (χ1) is 9.19. The highest BCUT2D eigenvalue weighted by atomic mass is 79.9. The highest BCUT2D eigenvalue weighted by Crippen LogP contribution is 2.30. The molecule has 19 heavy (non-hydrogen) atoms. The molecular formula is C16H15BrO2. The van der Waals surface area contributed by atoms with Crippen molar-refractivity contribution in [3.8, 4) is 16.9 Å². The van der Waals surface area contributed by atoms with E-state index in [1.165, 1.54) is 5.56 Å². The minimum absolute atomic E-state index is 0.574. The first kappa shape index (κ1) is 13.8. The summed E-state index contributed by atoms with van der Waals surface area (Å²) in [6.45, 7) is 2.12. The van der Waals surface area contributed by atoms with Gasteiger partial charge in [-0.1, -0.05) is 35.0 Å². The van der Waals surface area contributed by atoms with Crippen LogP contribution in [0.2, 0.25) is 0 Å². The van der Waals surface area contributed by atoms with Crippen molar-refractivity contribution in [2.24, 2.45) is 0 Å². The van der Waals surface area contributed by atoms with Crippen molar-refractivity contribution < 1.29 is 9.53 Å². The normalized spacial score (nSPS) is 10.3. The lowest BCUT2D eigenvalue weighted by atomic mass is 9.97. The SMILES string of the molecule is CCc1cc(Br)ccc1-c1ccc(OC)c(C=O)c1. The van der Waals surface area contributed by atoms with E-state index < -0.39 is 0 Å². The van der Waals surface area contributed by atoms with Crippen molar-refractivity contribution in [1.29, 1.82) is 0 Å². The number of rotatable bonds is 4. The second-order valence-corrected chi connectivity index (χ2v) is 5.15. The molecule has 0 atom stereocenters. The summed E-state index contributed by atoms with van der Waals surface area (Å²) in [4.78, 5) is 11.1. The van der Waals surface area contributed by atoms with Gasteiger partial charge in [0.1, 0.15) is 5.75 Å². The molecule has 0 saturated heterocycles. The molecule has 0 radical (unpaired) electrons. The zero-order chi connectivity index (χ0) is 13.8. The fraction of sp³-hybridized carbons (Fsp3) is 0.188. The summed E-state index contributed by atoms with van der Waals surface area (Å²) in [6, 6.07) is 11.9. The summed E-state index contributed by atoms with van der Waals surface area (Å²) in [7, 11) is 1.57. The van der Waals surface area contributed by atoms with Gasteiger partial charge in [0, 0.05) is 4.47 Å². The first-order valence-electron chi connectivity index (χ1n) is 6.11. The van der Waals surface area contributed by atoms with Gasteiger partial charge in [0.2, 0.25) is 0 Å². The molecule has 0 unspecified atom stereocenters. The lowest BCUT2D eigenvalue weighted by Crippen LogP contribution is -1.93. The molecule has 0 amide bonds. The fourth-order valence-electron chi connectivity index (χ4n) is 2.13. The Labute approximate surface area is 121 Å². The Hall–Kier alpha value is -1.61. The molecule has 98 valence electrons. The van der Waals surface area contributed by atoms with E-state index in [1.54, 1.807) is 7.11 Å². The number of carbonyl (C=O) groups excluding carboxylic acids is 1. The molecule has 2 aromatic carbocycles. The zero-order valence-corrected chi connectivity index (χ0v) is 12.5. The number of ether oxygens (including phenoxy) is 1. The van der Waals surface area contributed by atoms with Gasteiger partial charge in [0.25, 0.3) is 0 Å². The molecule has 2 rings (SSSR count). The molecule has 0 aromatic heterocycles. The maximum absolute atomic E-state index is 11.1. The van der Waals surface area contributed by atoms with E-state index in [1.807, 2.05) is 24.3 Å². The molecule has 0 fully saturated rings. The second kappa shape index (κ2) is 6.02. The van der Waals surface area contributed by atoms with Crippen molar-refractivity contribution in [2.75, 3.05) is 7.11 Å². The van der Waals surface area contributed by atoms with Crippen molar-refractivity contribution in [2.45, 2.75) is 13.3 Å². The Morgan fingerprint density at radius 2 is 2.00 bits per heavy atom. The van der Waals surface area contributed by atoms with Gasteiger partial charge in [-0.05, 0) is 47.4 Å². The number of benzene rings is 2. The van der Waals surface area contributed by atoms with Crippen LogP contribution < -0.4 is 4.74 Å². The fourth-order valence-corrected chi connectivity index (χ4v) is 2.54. The Morgan fingerprint density at radius 1 is 1.21 bits per heavy atom. The van der Waals surface area contributed by atoms with Crippen molar-refractivity contribution in [1.82, 2.24) is 0 Å². The summed E-state index contributed by atoms with van der Waals surface area (Å²) >= 11 is 3.48. The molecule has 2 aromatic rings. The van der Waals surface area contributed by atoms with E-state index in [0.717, 1.165) is 28.3 Å². The Kier molecular flexibility index (Phi) is 4.38. The maximum atomic E-state index is 11.1. The van der Waals surface area contributed by atoms with Crippen LogP contribution in [-0.2, 0) is 6.42 Å². The third-order valence-corrected chi connectivity index (χ3v) is 3.61. The van der Waals surface area contributed by atoms with Gasteiger partial charge in [-0.3, -0.25) is 4.79 Å².